The number of hydrogen-bond acceptors (Lipinski definition) is 1. The Morgan fingerprint density at radius 1 is 0.478 bits per heavy atom. The predicted molar refractivity (Wildman–Crippen MR) is 198 cm³/mol. The summed E-state index contributed by atoms with van der Waals surface area (Å²) in [4.78, 5) is 2.42. The summed E-state index contributed by atoms with van der Waals surface area (Å²) in [6.07, 6.45) is 7.81. The zero-order chi connectivity index (χ0) is 31.7. The van der Waals surface area contributed by atoms with Gasteiger partial charge in [-0.2, -0.15) is 0 Å². The van der Waals surface area contributed by atoms with Crippen LogP contribution in [0.25, 0.3) is 22.3 Å². The topological polar surface area (TPSA) is 3.24 Å². The van der Waals surface area contributed by atoms with Crippen LogP contribution in [0.2, 0.25) is 0 Å². The summed E-state index contributed by atoms with van der Waals surface area (Å²) in [7, 11) is 0. The van der Waals surface area contributed by atoms with Crippen LogP contribution in [0.5, 0.6) is 0 Å². The highest BCUT2D eigenvalue weighted by molar-refractivity contribution is 5.82. The Hall–Kier alpha value is -5.40. The van der Waals surface area contributed by atoms with E-state index in [2.05, 4.69) is 165 Å². The number of allylic oxidation sites excluding steroid dienone is 4. The van der Waals surface area contributed by atoms with Crippen LogP contribution >= 0.6 is 0 Å². The molecule has 0 saturated heterocycles. The first-order valence-corrected chi connectivity index (χ1v) is 16.1. The number of aryl methyl sites for hydroxylation is 3. The lowest BCUT2D eigenvalue weighted by molar-refractivity contribution is 0.820. The first-order valence-electron chi connectivity index (χ1n) is 16.1. The molecule has 0 bridgehead atoms. The van der Waals surface area contributed by atoms with Crippen molar-refractivity contribution >= 4 is 11.4 Å². The Labute approximate surface area is 274 Å². The van der Waals surface area contributed by atoms with Crippen LogP contribution in [0.1, 0.15) is 34.6 Å². The van der Waals surface area contributed by atoms with E-state index in [0.717, 1.165) is 6.42 Å². The van der Waals surface area contributed by atoms with Gasteiger partial charge < -0.3 is 4.90 Å². The fourth-order valence-corrected chi connectivity index (χ4v) is 6.03. The third-order valence-electron chi connectivity index (χ3n) is 8.53. The average Bonchev–Trinajstić information content (AvgIpc) is 3.44. The van der Waals surface area contributed by atoms with Gasteiger partial charge in [0.05, 0.1) is 0 Å². The van der Waals surface area contributed by atoms with E-state index in [-0.39, 0.29) is 0 Å². The van der Waals surface area contributed by atoms with Crippen LogP contribution in [0.15, 0.2) is 182 Å². The molecule has 1 nitrogen and oxygen atoms in total. The van der Waals surface area contributed by atoms with Gasteiger partial charge in [0.15, 0.2) is 0 Å². The number of nitrogens with zero attached hydrogens (tertiary/aromatic N) is 1. The lowest BCUT2D eigenvalue weighted by Crippen LogP contribution is -2.14. The van der Waals surface area contributed by atoms with Gasteiger partial charge >= 0.3 is 0 Å². The van der Waals surface area contributed by atoms with Crippen molar-refractivity contribution in [3.05, 3.63) is 204 Å². The minimum Gasteiger partial charge on any atom is -0.313 e. The van der Waals surface area contributed by atoms with Gasteiger partial charge in [0.25, 0.3) is 0 Å². The fraction of sp³-hybridized carbons (Fsp3) is 0.111. The van der Waals surface area contributed by atoms with Crippen LogP contribution in [0.3, 0.4) is 0 Å². The molecule has 1 unspecified atom stereocenters. The molecule has 0 aromatic heterocycles. The van der Waals surface area contributed by atoms with E-state index in [4.69, 9.17) is 0 Å². The Bertz CT molecular complexity index is 1860. The van der Waals surface area contributed by atoms with Gasteiger partial charge in [0.2, 0.25) is 0 Å². The van der Waals surface area contributed by atoms with Crippen molar-refractivity contribution in [2.45, 2.75) is 33.1 Å². The minimum atomic E-state index is 0.419. The second-order valence-corrected chi connectivity index (χ2v) is 12.0. The van der Waals surface area contributed by atoms with E-state index >= 15 is 0 Å². The molecule has 0 amide bonds. The minimum absolute atomic E-state index is 0.419. The Morgan fingerprint density at radius 3 is 1.46 bits per heavy atom. The molecule has 0 radical (unpaired) electrons. The van der Waals surface area contributed by atoms with Gasteiger partial charge in [-0.25, -0.2) is 0 Å². The molecule has 1 aliphatic carbocycles. The molecule has 1 heteroatoms. The van der Waals surface area contributed by atoms with Crippen molar-refractivity contribution in [3.8, 4) is 22.3 Å². The highest BCUT2D eigenvalue weighted by atomic mass is 15.2. The van der Waals surface area contributed by atoms with Gasteiger partial charge in [-0.3, -0.25) is 0 Å². The van der Waals surface area contributed by atoms with Crippen LogP contribution in [-0.2, 0) is 0 Å². The van der Waals surface area contributed by atoms with Crippen LogP contribution < -0.4 is 4.90 Å². The highest BCUT2D eigenvalue weighted by Crippen LogP contribution is 2.51. The van der Waals surface area contributed by atoms with Gasteiger partial charge in [0.1, 0.15) is 0 Å². The summed E-state index contributed by atoms with van der Waals surface area (Å²) < 4.78 is 0. The van der Waals surface area contributed by atoms with Gasteiger partial charge in [-0.15, -0.1) is 0 Å². The number of hydrogen-bond donors (Lipinski definition) is 0. The van der Waals surface area contributed by atoms with Crippen molar-refractivity contribution in [3.63, 3.8) is 0 Å². The van der Waals surface area contributed by atoms with E-state index in [1.165, 1.54) is 61.6 Å². The molecule has 1 aliphatic heterocycles. The lowest BCUT2D eigenvalue weighted by Gasteiger charge is -2.24. The number of rotatable bonds is 3. The second-order valence-electron chi connectivity index (χ2n) is 12.0. The third-order valence-corrected chi connectivity index (χ3v) is 8.53. The van der Waals surface area contributed by atoms with E-state index in [0.29, 0.717) is 5.92 Å². The summed E-state index contributed by atoms with van der Waals surface area (Å²) in [6, 6.07) is 55.9. The summed E-state index contributed by atoms with van der Waals surface area (Å²) in [5.74, 6) is 0.419. The molecule has 0 spiro atoms. The van der Waals surface area contributed by atoms with Crippen molar-refractivity contribution in [1.29, 1.82) is 0 Å². The lowest BCUT2D eigenvalue weighted by atomic mass is 9.90. The number of anilines is 2. The maximum atomic E-state index is 2.42. The van der Waals surface area contributed by atoms with Gasteiger partial charge in [0, 0.05) is 23.0 Å². The molecule has 6 aromatic carbocycles. The van der Waals surface area contributed by atoms with Crippen molar-refractivity contribution in [2.75, 3.05) is 4.90 Å². The monoisotopic (exact) mass is 595 g/mol. The molecule has 0 N–H and O–H groups in total. The van der Waals surface area contributed by atoms with E-state index in [1.807, 2.05) is 36.4 Å². The molecule has 0 saturated carbocycles. The van der Waals surface area contributed by atoms with E-state index in [1.54, 1.807) is 0 Å². The molecule has 6 aromatic rings. The molecule has 226 valence electrons. The van der Waals surface area contributed by atoms with E-state index in [9.17, 15) is 0 Å². The van der Waals surface area contributed by atoms with E-state index < -0.39 is 0 Å². The highest BCUT2D eigenvalue weighted by Gasteiger charge is 2.34. The van der Waals surface area contributed by atoms with Crippen LogP contribution in [0.4, 0.5) is 11.4 Å². The first kappa shape index (κ1) is 30.6. The standard InChI is InChI=1S/C31H25N.2C7H8/c1-22-11-13-23(14-12-22)24-15-17-25(18-16-24)26-19-20-31-29(21-26)28-9-5-6-10-30(28)32(31)27-7-3-2-4-8-27;2*1-7-5-3-2-4-6-7/h2-8,10-21,28H,9H2,1H3;2*2-6H,1H3. The quantitative estimate of drug-likeness (QED) is 0.197. The largest absolute Gasteiger partial charge is 0.313 e. The van der Waals surface area contributed by atoms with Gasteiger partial charge in [-0.05, 0) is 85.4 Å². The van der Waals surface area contributed by atoms with Crippen molar-refractivity contribution in [1.82, 2.24) is 0 Å². The predicted octanol–water partition coefficient (Wildman–Crippen LogP) is 12.4. The molecule has 0 fully saturated rings. The SMILES string of the molecule is Cc1ccc(-c2ccc(-c3ccc4c(c3)C3CC=CC=C3N4c3ccccc3)cc2)cc1.Cc1ccccc1.Cc1ccccc1. The molecular formula is C45H41N. The number of benzene rings is 6. The first-order chi connectivity index (χ1) is 22.6. The molecule has 46 heavy (non-hydrogen) atoms. The third kappa shape index (κ3) is 7.28. The van der Waals surface area contributed by atoms with Crippen LogP contribution in [0, 0.1) is 20.8 Å². The number of fused-ring (bicyclic) bond motifs is 3. The molecule has 2 aliphatic rings. The molecule has 1 heterocycles. The zero-order valence-electron chi connectivity index (χ0n) is 27.0. The zero-order valence-corrected chi connectivity index (χ0v) is 27.0. The second kappa shape index (κ2) is 14.6. The Balaban J connectivity index is 0.000000219. The van der Waals surface area contributed by atoms with Gasteiger partial charge in [-0.1, -0.05) is 162 Å². The maximum absolute atomic E-state index is 2.42. The Morgan fingerprint density at radius 2 is 0.935 bits per heavy atom. The van der Waals surface area contributed by atoms with Crippen LogP contribution in [-0.4, -0.2) is 0 Å². The average molecular weight is 596 g/mol. The summed E-state index contributed by atoms with van der Waals surface area (Å²) in [5.41, 5.74) is 14.3. The molecular weight excluding hydrogens is 555 g/mol. The number of para-hydroxylation sites is 1. The Kier molecular flexibility index (Phi) is 9.71. The van der Waals surface area contributed by atoms with Crippen molar-refractivity contribution in [2.24, 2.45) is 0 Å². The normalized spacial score (nSPS) is 14.1. The summed E-state index contributed by atoms with van der Waals surface area (Å²) in [6.45, 7) is 6.29. The summed E-state index contributed by atoms with van der Waals surface area (Å²) in [5, 5.41) is 0. The molecule has 1 atom stereocenters. The van der Waals surface area contributed by atoms with Crippen molar-refractivity contribution < 1.29 is 0 Å². The summed E-state index contributed by atoms with van der Waals surface area (Å²) >= 11 is 0. The maximum Gasteiger partial charge on any atom is 0.0497 e. The fourth-order valence-electron chi connectivity index (χ4n) is 6.03. The smallest absolute Gasteiger partial charge is 0.0497 e. The molecule has 8 rings (SSSR count).